The first kappa shape index (κ1) is 14.1. The molecule has 1 aromatic carbocycles. The van der Waals surface area contributed by atoms with Gasteiger partial charge in [-0.15, -0.1) is 0 Å². The van der Waals surface area contributed by atoms with E-state index in [9.17, 15) is 9.59 Å². The molecular formula is C17H22N2O2. The molecule has 2 aliphatic rings. The summed E-state index contributed by atoms with van der Waals surface area (Å²) in [6.45, 7) is 3.10. The van der Waals surface area contributed by atoms with E-state index in [2.05, 4.69) is 12.2 Å². The Morgan fingerprint density at radius 2 is 1.95 bits per heavy atom. The molecule has 1 saturated carbocycles. The van der Waals surface area contributed by atoms with Crippen LogP contribution in [0, 0.1) is 5.41 Å². The fourth-order valence-corrected chi connectivity index (χ4v) is 3.41. The molecule has 0 aromatic heterocycles. The maximum atomic E-state index is 12.7. The van der Waals surface area contributed by atoms with Gasteiger partial charge in [-0.2, -0.15) is 0 Å². The van der Waals surface area contributed by atoms with Gasteiger partial charge in [0.1, 0.15) is 6.04 Å². The van der Waals surface area contributed by atoms with Gasteiger partial charge in [-0.1, -0.05) is 43.7 Å². The molecule has 112 valence electrons. The second kappa shape index (κ2) is 5.51. The van der Waals surface area contributed by atoms with Gasteiger partial charge >= 0.3 is 0 Å². The second-order valence-electron chi connectivity index (χ2n) is 6.31. The van der Waals surface area contributed by atoms with Crippen molar-refractivity contribution in [3.05, 3.63) is 35.9 Å². The highest BCUT2D eigenvalue weighted by molar-refractivity contribution is 5.95. The van der Waals surface area contributed by atoms with Crippen LogP contribution < -0.4 is 5.32 Å². The van der Waals surface area contributed by atoms with Crippen molar-refractivity contribution in [1.82, 2.24) is 10.2 Å². The molecule has 2 fully saturated rings. The van der Waals surface area contributed by atoms with Crippen molar-refractivity contribution < 1.29 is 9.59 Å². The Morgan fingerprint density at radius 1 is 1.24 bits per heavy atom. The molecule has 1 atom stereocenters. The van der Waals surface area contributed by atoms with E-state index in [1.807, 2.05) is 30.3 Å². The SMILES string of the molecule is CCC1(CN2CC(=O)NC(c3ccccc3)C2=O)CCC1. The second-order valence-corrected chi connectivity index (χ2v) is 6.31. The summed E-state index contributed by atoms with van der Waals surface area (Å²) in [6.07, 6.45) is 4.66. The lowest BCUT2D eigenvalue weighted by atomic mass is 9.66. The summed E-state index contributed by atoms with van der Waals surface area (Å²) in [5.41, 5.74) is 1.11. The minimum atomic E-state index is -0.526. The lowest BCUT2D eigenvalue weighted by Crippen LogP contribution is -2.56. The lowest BCUT2D eigenvalue weighted by molar-refractivity contribution is -0.147. The van der Waals surface area contributed by atoms with Crippen LogP contribution in [0.5, 0.6) is 0 Å². The predicted molar refractivity (Wildman–Crippen MR) is 80.5 cm³/mol. The molecule has 0 bridgehead atoms. The average Bonchev–Trinajstić information content (AvgIpc) is 2.47. The largest absolute Gasteiger partial charge is 0.339 e. The number of amides is 2. The number of nitrogens with zero attached hydrogens (tertiary/aromatic N) is 1. The summed E-state index contributed by atoms with van der Waals surface area (Å²) >= 11 is 0. The first-order chi connectivity index (χ1) is 10.1. The molecule has 4 nitrogen and oxygen atoms in total. The van der Waals surface area contributed by atoms with Crippen molar-refractivity contribution in [2.24, 2.45) is 5.41 Å². The van der Waals surface area contributed by atoms with Crippen LogP contribution in [-0.4, -0.2) is 29.8 Å². The zero-order chi connectivity index (χ0) is 14.9. The summed E-state index contributed by atoms with van der Waals surface area (Å²) in [7, 11) is 0. The van der Waals surface area contributed by atoms with Gasteiger partial charge in [0, 0.05) is 6.54 Å². The number of benzene rings is 1. The average molecular weight is 286 g/mol. The Morgan fingerprint density at radius 3 is 2.52 bits per heavy atom. The number of hydrogen-bond acceptors (Lipinski definition) is 2. The zero-order valence-electron chi connectivity index (χ0n) is 12.5. The molecule has 3 rings (SSSR count). The number of carbonyl (C=O) groups excluding carboxylic acids is 2. The molecule has 0 spiro atoms. The fourth-order valence-electron chi connectivity index (χ4n) is 3.41. The highest BCUT2D eigenvalue weighted by Gasteiger charge is 2.41. The zero-order valence-corrected chi connectivity index (χ0v) is 12.5. The minimum absolute atomic E-state index is 0.0283. The van der Waals surface area contributed by atoms with E-state index in [0.29, 0.717) is 0 Å². The Bertz CT molecular complexity index is 531. The standard InChI is InChI=1S/C17H22N2O2/c1-2-17(9-6-10-17)12-19-11-14(20)18-15(16(19)21)13-7-4-3-5-8-13/h3-5,7-8,15H,2,6,9-12H2,1H3,(H,18,20). The fraction of sp³-hybridized carbons (Fsp3) is 0.529. The van der Waals surface area contributed by atoms with E-state index in [0.717, 1.165) is 18.5 Å². The molecule has 1 aromatic rings. The number of carbonyl (C=O) groups is 2. The molecule has 0 radical (unpaired) electrons. The minimum Gasteiger partial charge on any atom is -0.339 e. The van der Waals surface area contributed by atoms with Crippen LogP contribution in [0.1, 0.15) is 44.2 Å². The van der Waals surface area contributed by atoms with Crippen molar-refractivity contribution in [3.63, 3.8) is 0 Å². The van der Waals surface area contributed by atoms with Crippen molar-refractivity contribution in [2.75, 3.05) is 13.1 Å². The quantitative estimate of drug-likeness (QED) is 0.923. The molecule has 1 heterocycles. The van der Waals surface area contributed by atoms with Crippen molar-refractivity contribution in [2.45, 2.75) is 38.6 Å². The Balaban J connectivity index is 1.79. The smallest absolute Gasteiger partial charge is 0.250 e. The van der Waals surface area contributed by atoms with Crippen LogP contribution in [0.4, 0.5) is 0 Å². The van der Waals surface area contributed by atoms with Gasteiger partial charge in [0.05, 0.1) is 6.54 Å². The van der Waals surface area contributed by atoms with Crippen LogP contribution in [0.15, 0.2) is 30.3 Å². The van der Waals surface area contributed by atoms with Crippen molar-refractivity contribution in [3.8, 4) is 0 Å². The number of rotatable bonds is 4. The van der Waals surface area contributed by atoms with Gasteiger partial charge in [-0.25, -0.2) is 0 Å². The Labute approximate surface area is 125 Å². The van der Waals surface area contributed by atoms with Crippen LogP contribution in [0.2, 0.25) is 0 Å². The van der Waals surface area contributed by atoms with Gasteiger partial charge in [-0.05, 0) is 30.2 Å². The van der Waals surface area contributed by atoms with Crippen LogP contribution in [0.25, 0.3) is 0 Å². The monoisotopic (exact) mass is 286 g/mol. The highest BCUT2D eigenvalue weighted by Crippen LogP contribution is 2.44. The first-order valence-electron chi connectivity index (χ1n) is 7.77. The molecule has 4 heteroatoms. The Kier molecular flexibility index (Phi) is 3.70. The lowest BCUT2D eigenvalue weighted by Gasteiger charge is -2.46. The van der Waals surface area contributed by atoms with E-state index in [1.165, 1.54) is 19.3 Å². The van der Waals surface area contributed by atoms with Gasteiger partial charge in [0.25, 0.3) is 0 Å². The number of nitrogens with one attached hydrogen (secondary N) is 1. The Hall–Kier alpha value is -1.84. The highest BCUT2D eigenvalue weighted by atomic mass is 16.2. The molecule has 1 saturated heterocycles. The first-order valence-corrected chi connectivity index (χ1v) is 7.77. The molecule has 21 heavy (non-hydrogen) atoms. The van der Waals surface area contributed by atoms with Crippen LogP contribution >= 0.6 is 0 Å². The third-order valence-corrected chi connectivity index (χ3v) is 5.02. The number of piperazine rings is 1. The molecule has 1 aliphatic heterocycles. The van der Waals surface area contributed by atoms with E-state index >= 15 is 0 Å². The van der Waals surface area contributed by atoms with Crippen LogP contribution in [0.3, 0.4) is 0 Å². The summed E-state index contributed by atoms with van der Waals surface area (Å²) in [6, 6.07) is 8.97. The summed E-state index contributed by atoms with van der Waals surface area (Å²) < 4.78 is 0. The maximum absolute atomic E-state index is 12.7. The van der Waals surface area contributed by atoms with E-state index in [4.69, 9.17) is 0 Å². The third kappa shape index (κ3) is 2.67. The molecule has 1 N–H and O–H groups in total. The maximum Gasteiger partial charge on any atom is 0.250 e. The van der Waals surface area contributed by atoms with E-state index in [1.54, 1.807) is 4.90 Å². The topological polar surface area (TPSA) is 49.4 Å². The van der Waals surface area contributed by atoms with E-state index < -0.39 is 6.04 Å². The number of hydrogen-bond donors (Lipinski definition) is 1. The van der Waals surface area contributed by atoms with Crippen molar-refractivity contribution in [1.29, 1.82) is 0 Å². The van der Waals surface area contributed by atoms with Gasteiger partial charge in [0.2, 0.25) is 11.8 Å². The molecule has 2 amide bonds. The summed E-state index contributed by atoms with van der Waals surface area (Å²) in [4.78, 5) is 26.5. The van der Waals surface area contributed by atoms with Gasteiger partial charge in [-0.3, -0.25) is 9.59 Å². The third-order valence-electron chi connectivity index (χ3n) is 5.02. The van der Waals surface area contributed by atoms with Gasteiger partial charge in [0.15, 0.2) is 0 Å². The predicted octanol–water partition coefficient (Wildman–Crippen LogP) is 2.27. The molecular weight excluding hydrogens is 264 g/mol. The van der Waals surface area contributed by atoms with Gasteiger partial charge < -0.3 is 10.2 Å². The molecule has 1 unspecified atom stereocenters. The summed E-state index contributed by atoms with van der Waals surface area (Å²) in [5, 5.41) is 2.82. The summed E-state index contributed by atoms with van der Waals surface area (Å²) in [5.74, 6) is -0.0328. The molecule has 1 aliphatic carbocycles. The van der Waals surface area contributed by atoms with Crippen LogP contribution in [-0.2, 0) is 9.59 Å². The normalized spacial score (nSPS) is 24.4. The van der Waals surface area contributed by atoms with Crippen molar-refractivity contribution >= 4 is 11.8 Å². The van der Waals surface area contributed by atoms with E-state index in [-0.39, 0.29) is 23.8 Å².